The molecule has 2 fully saturated rings. The van der Waals surface area contributed by atoms with Gasteiger partial charge < -0.3 is 16.0 Å². The van der Waals surface area contributed by atoms with Gasteiger partial charge in [0.1, 0.15) is 0 Å². The Balaban J connectivity index is 2.08. The van der Waals surface area contributed by atoms with E-state index in [1.165, 1.54) is 12.8 Å². The molecule has 2 rings (SSSR count). The Bertz CT molecular complexity index is 336. The highest BCUT2D eigenvalue weighted by Crippen LogP contribution is 2.36. The summed E-state index contributed by atoms with van der Waals surface area (Å²) in [7, 11) is 0. The van der Waals surface area contributed by atoms with Crippen LogP contribution in [0.25, 0.3) is 0 Å². The summed E-state index contributed by atoms with van der Waals surface area (Å²) in [4.78, 5) is 26.0. The molecule has 0 unspecified atom stereocenters. The van der Waals surface area contributed by atoms with E-state index in [0.717, 1.165) is 25.7 Å². The molecule has 19 heavy (non-hydrogen) atoms. The van der Waals surface area contributed by atoms with Crippen molar-refractivity contribution in [1.82, 2.24) is 10.2 Å². The number of amides is 2. The van der Waals surface area contributed by atoms with Gasteiger partial charge in [0, 0.05) is 32.6 Å². The van der Waals surface area contributed by atoms with Crippen molar-refractivity contribution < 1.29 is 9.59 Å². The minimum absolute atomic E-state index is 0.0398. The SMILES string of the molecule is NCC1(C(=O)N2CCNC(=O)CC2)CCCCCC1. The third kappa shape index (κ3) is 3.26. The summed E-state index contributed by atoms with van der Waals surface area (Å²) >= 11 is 0. The Morgan fingerprint density at radius 1 is 1.21 bits per heavy atom. The van der Waals surface area contributed by atoms with Crippen molar-refractivity contribution in [2.75, 3.05) is 26.2 Å². The summed E-state index contributed by atoms with van der Waals surface area (Å²) in [6, 6.07) is 0. The number of hydrogen-bond donors (Lipinski definition) is 2. The number of carbonyl (C=O) groups excluding carboxylic acids is 2. The van der Waals surface area contributed by atoms with Gasteiger partial charge in [0.25, 0.3) is 0 Å². The lowest BCUT2D eigenvalue weighted by Gasteiger charge is -2.35. The molecule has 1 aliphatic carbocycles. The van der Waals surface area contributed by atoms with E-state index in [9.17, 15) is 9.59 Å². The van der Waals surface area contributed by atoms with E-state index in [1.807, 2.05) is 4.90 Å². The first-order valence-electron chi connectivity index (χ1n) is 7.44. The Morgan fingerprint density at radius 3 is 2.53 bits per heavy atom. The van der Waals surface area contributed by atoms with Crippen LogP contribution in [0.3, 0.4) is 0 Å². The second kappa shape index (κ2) is 6.37. The highest BCUT2D eigenvalue weighted by Gasteiger charge is 2.40. The van der Waals surface area contributed by atoms with Crippen LogP contribution in [0.2, 0.25) is 0 Å². The summed E-state index contributed by atoms with van der Waals surface area (Å²) in [6.45, 7) is 2.15. The quantitative estimate of drug-likeness (QED) is 0.721. The molecule has 0 aromatic rings. The molecule has 1 heterocycles. The predicted molar refractivity (Wildman–Crippen MR) is 73.4 cm³/mol. The maximum atomic E-state index is 12.8. The summed E-state index contributed by atoms with van der Waals surface area (Å²) < 4.78 is 0. The smallest absolute Gasteiger partial charge is 0.230 e. The van der Waals surface area contributed by atoms with Crippen molar-refractivity contribution in [1.29, 1.82) is 0 Å². The lowest BCUT2D eigenvalue weighted by atomic mass is 9.79. The van der Waals surface area contributed by atoms with E-state index in [4.69, 9.17) is 5.73 Å². The molecule has 2 aliphatic rings. The van der Waals surface area contributed by atoms with Crippen LogP contribution in [0.4, 0.5) is 0 Å². The van der Waals surface area contributed by atoms with Crippen molar-refractivity contribution in [2.24, 2.45) is 11.1 Å². The molecule has 1 aliphatic heterocycles. The van der Waals surface area contributed by atoms with Crippen LogP contribution in [0.1, 0.15) is 44.9 Å². The second-order valence-electron chi connectivity index (χ2n) is 5.79. The molecule has 0 radical (unpaired) electrons. The van der Waals surface area contributed by atoms with Gasteiger partial charge in [-0.1, -0.05) is 25.7 Å². The van der Waals surface area contributed by atoms with E-state index in [-0.39, 0.29) is 17.2 Å². The molecule has 1 saturated carbocycles. The number of nitrogens with zero attached hydrogens (tertiary/aromatic N) is 1. The van der Waals surface area contributed by atoms with Gasteiger partial charge in [-0.2, -0.15) is 0 Å². The molecule has 0 aromatic heterocycles. The van der Waals surface area contributed by atoms with E-state index in [1.54, 1.807) is 0 Å². The van der Waals surface area contributed by atoms with Gasteiger partial charge in [0.2, 0.25) is 11.8 Å². The van der Waals surface area contributed by atoms with Crippen LogP contribution >= 0.6 is 0 Å². The van der Waals surface area contributed by atoms with Crippen LogP contribution in [0, 0.1) is 5.41 Å². The zero-order chi connectivity index (χ0) is 13.7. The maximum Gasteiger partial charge on any atom is 0.230 e. The molecule has 5 heteroatoms. The lowest BCUT2D eigenvalue weighted by molar-refractivity contribution is -0.142. The molecule has 1 saturated heterocycles. The van der Waals surface area contributed by atoms with Gasteiger partial charge >= 0.3 is 0 Å². The zero-order valence-electron chi connectivity index (χ0n) is 11.6. The topological polar surface area (TPSA) is 75.4 Å². The van der Waals surface area contributed by atoms with Crippen LogP contribution < -0.4 is 11.1 Å². The van der Waals surface area contributed by atoms with Crippen molar-refractivity contribution in [3.05, 3.63) is 0 Å². The highest BCUT2D eigenvalue weighted by atomic mass is 16.2. The molecule has 108 valence electrons. The largest absolute Gasteiger partial charge is 0.354 e. The monoisotopic (exact) mass is 267 g/mol. The van der Waals surface area contributed by atoms with Gasteiger partial charge in [0.15, 0.2) is 0 Å². The van der Waals surface area contributed by atoms with Crippen molar-refractivity contribution >= 4 is 11.8 Å². The molecule has 3 N–H and O–H groups in total. The van der Waals surface area contributed by atoms with Gasteiger partial charge in [-0.3, -0.25) is 9.59 Å². The Labute approximate surface area is 114 Å². The third-order valence-corrected chi connectivity index (χ3v) is 4.50. The first kappa shape index (κ1) is 14.3. The fraction of sp³-hybridized carbons (Fsp3) is 0.857. The molecule has 0 bridgehead atoms. The highest BCUT2D eigenvalue weighted by molar-refractivity contribution is 5.84. The van der Waals surface area contributed by atoms with Crippen LogP contribution in [0.15, 0.2) is 0 Å². The third-order valence-electron chi connectivity index (χ3n) is 4.50. The van der Waals surface area contributed by atoms with Gasteiger partial charge in [-0.15, -0.1) is 0 Å². The van der Waals surface area contributed by atoms with E-state index in [2.05, 4.69) is 5.32 Å². The average molecular weight is 267 g/mol. The minimum atomic E-state index is -0.371. The first-order chi connectivity index (χ1) is 9.18. The number of hydrogen-bond acceptors (Lipinski definition) is 3. The fourth-order valence-electron chi connectivity index (χ4n) is 3.22. The fourth-order valence-corrected chi connectivity index (χ4v) is 3.22. The Hall–Kier alpha value is -1.10. The van der Waals surface area contributed by atoms with Crippen LogP contribution in [0.5, 0.6) is 0 Å². The van der Waals surface area contributed by atoms with Crippen molar-refractivity contribution in [3.63, 3.8) is 0 Å². The molecule has 0 spiro atoms. The molecule has 0 atom stereocenters. The van der Waals surface area contributed by atoms with Crippen molar-refractivity contribution in [2.45, 2.75) is 44.9 Å². The number of rotatable bonds is 2. The lowest BCUT2D eigenvalue weighted by Crippen LogP contribution is -2.49. The Kier molecular flexibility index (Phi) is 4.80. The van der Waals surface area contributed by atoms with E-state index >= 15 is 0 Å². The molecule has 0 aromatic carbocycles. The standard InChI is InChI=1S/C14H25N3O2/c15-11-14(6-3-1-2-4-7-14)13(19)17-9-5-12(18)16-8-10-17/h1-11,15H2,(H,16,18). The second-order valence-corrected chi connectivity index (χ2v) is 5.79. The first-order valence-corrected chi connectivity index (χ1v) is 7.44. The van der Waals surface area contributed by atoms with Gasteiger partial charge in [-0.25, -0.2) is 0 Å². The van der Waals surface area contributed by atoms with Crippen LogP contribution in [-0.2, 0) is 9.59 Å². The average Bonchev–Trinajstić information content (AvgIpc) is 2.79. The zero-order valence-corrected chi connectivity index (χ0v) is 11.6. The van der Waals surface area contributed by atoms with Crippen LogP contribution in [-0.4, -0.2) is 42.9 Å². The summed E-state index contributed by atoms with van der Waals surface area (Å²) in [6.07, 6.45) is 6.80. The van der Waals surface area contributed by atoms with E-state index < -0.39 is 0 Å². The summed E-state index contributed by atoms with van der Waals surface area (Å²) in [5.41, 5.74) is 5.58. The predicted octanol–water partition coefficient (Wildman–Crippen LogP) is 0.634. The molecular formula is C14H25N3O2. The Morgan fingerprint density at radius 2 is 1.89 bits per heavy atom. The van der Waals surface area contributed by atoms with E-state index in [0.29, 0.717) is 32.6 Å². The van der Waals surface area contributed by atoms with Gasteiger partial charge in [-0.05, 0) is 12.8 Å². The molecule has 5 nitrogen and oxygen atoms in total. The molecule has 2 amide bonds. The number of nitrogens with two attached hydrogens (primary N) is 1. The normalized spacial score (nSPS) is 24.3. The summed E-state index contributed by atoms with van der Waals surface area (Å²) in [5, 5.41) is 2.81. The van der Waals surface area contributed by atoms with Crippen molar-refractivity contribution in [3.8, 4) is 0 Å². The molecular weight excluding hydrogens is 242 g/mol. The maximum absolute atomic E-state index is 12.8. The number of nitrogens with one attached hydrogen (secondary N) is 1. The number of carbonyl (C=O) groups is 2. The van der Waals surface area contributed by atoms with Gasteiger partial charge in [0.05, 0.1) is 5.41 Å². The minimum Gasteiger partial charge on any atom is -0.354 e. The summed E-state index contributed by atoms with van der Waals surface area (Å²) in [5.74, 6) is 0.214.